The lowest BCUT2D eigenvalue weighted by atomic mass is 10.3. The highest BCUT2D eigenvalue weighted by Crippen LogP contribution is 2.27. The predicted molar refractivity (Wildman–Crippen MR) is 82.5 cm³/mol. The number of rotatable bonds is 3. The molecular weight excluding hydrogens is 362 g/mol. The lowest BCUT2D eigenvalue weighted by molar-refractivity contribution is 0.594. The fraction of sp³-hybridized carbons (Fsp3) is 0.0833. The van der Waals surface area contributed by atoms with Crippen LogP contribution < -0.4 is 5.73 Å². The molecule has 0 radical (unpaired) electrons. The summed E-state index contributed by atoms with van der Waals surface area (Å²) in [7, 11) is -3.46. The molecule has 0 amide bonds. The van der Waals surface area contributed by atoms with Crippen molar-refractivity contribution in [3.63, 3.8) is 0 Å². The van der Waals surface area contributed by atoms with E-state index in [9.17, 15) is 8.42 Å². The number of nitrogens with zero attached hydrogens (tertiary/aromatic N) is 2. The Hall–Kier alpha value is -1.38. The number of benzene rings is 1. The van der Waals surface area contributed by atoms with Crippen molar-refractivity contribution in [1.29, 1.82) is 0 Å². The van der Waals surface area contributed by atoms with Crippen molar-refractivity contribution >= 4 is 47.8 Å². The number of nitrogen functional groups attached to an aromatic ring is 1. The lowest BCUT2D eigenvalue weighted by Crippen LogP contribution is -2.06. The maximum Gasteiger partial charge on any atom is 0.193 e. The summed E-state index contributed by atoms with van der Waals surface area (Å²) in [4.78, 5) is 5.30. The smallest absolute Gasteiger partial charge is 0.193 e. The molecule has 0 fully saturated rings. The van der Waals surface area contributed by atoms with Gasteiger partial charge in [-0.15, -0.1) is 11.3 Å². The summed E-state index contributed by atoms with van der Waals surface area (Å²) in [5, 5.41) is 1.90. The molecule has 8 heteroatoms. The summed E-state index contributed by atoms with van der Waals surface area (Å²) in [5.74, 6) is -0.135. The third-order valence-corrected chi connectivity index (χ3v) is 6.16. The van der Waals surface area contributed by atoms with Crippen LogP contribution in [-0.4, -0.2) is 17.8 Å². The third-order valence-electron chi connectivity index (χ3n) is 2.77. The van der Waals surface area contributed by atoms with Crippen LogP contribution in [0.25, 0.3) is 4.96 Å². The van der Waals surface area contributed by atoms with Crippen molar-refractivity contribution in [2.24, 2.45) is 0 Å². The molecule has 2 N–H and O–H groups in total. The van der Waals surface area contributed by atoms with Gasteiger partial charge in [0, 0.05) is 27.9 Å². The van der Waals surface area contributed by atoms with Gasteiger partial charge < -0.3 is 5.73 Å². The molecule has 0 atom stereocenters. The molecule has 0 aliphatic heterocycles. The van der Waals surface area contributed by atoms with Crippen LogP contribution in [0.5, 0.6) is 0 Å². The van der Waals surface area contributed by atoms with E-state index in [4.69, 9.17) is 5.73 Å². The molecule has 0 bridgehead atoms. The first kappa shape index (κ1) is 13.6. The van der Waals surface area contributed by atoms with Gasteiger partial charge in [-0.05, 0) is 34.1 Å². The Morgan fingerprint density at radius 2 is 2.20 bits per heavy atom. The van der Waals surface area contributed by atoms with Crippen molar-refractivity contribution in [3.8, 4) is 0 Å². The number of nitrogens with two attached hydrogens (primary N) is 1. The van der Waals surface area contributed by atoms with Gasteiger partial charge in [0.2, 0.25) is 0 Å². The second-order valence-electron chi connectivity index (χ2n) is 4.27. The fourth-order valence-electron chi connectivity index (χ4n) is 1.89. The molecule has 2 heterocycles. The largest absolute Gasteiger partial charge is 0.399 e. The third kappa shape index (κ3) is 2.46. The normalized spacial score (nSPS) is 12.1. The molecule has 0 unspecified atom stereocenters. The van der Waals surface area contributed by atoms with Crippen molar-refractivity contribution in [2.45, 2.75) is 10.6 Å². The highest BCUT2D eigenvalue weighted by atomic mass is 79.9. The SMILES string of the molecule is Nc1ccc(S(=O)(=O)Cc2cn3ccsc3n2)c(Br)c1. The molecule has 0 saturated heterocycles. The molecule has 104 valence electrons. The topological polar surface area (TPSA) is 77.5 Å². The standard InChI is InChI=1S/C12H10BrN3O2S2/c13-10-5-8(14)1-2-11(10)20(17,18)7-9-6-16-3-4-19-12(16)15-9/h1-6H,7,14H2. The fourth-order valence-corrected chi connectivity index (χ4v) is 5.06. The monoisotopic (exact) mass is 371 g/mol. The number of anilines is 1. The van der Waals surface area contributed by atoms with Gasteiger partial charge in [0.1, 0.15) is 0 Å². The van der Waals surface area contributed by atoms with Gasteiger partial charge in [0.25, 0.3) is 0 Å². The van der Waals surface area contributed by atoms with Crippen LogP contribution in [0.3, 0.4) is 0 Å². The summed E-state index contributed by atoms with van der Waals surface area (Å²) in [6.07, 6.45) is 3.58. The summed E-state index contributed by atoms with van der Waals surface area (Å²) >= 11 is 4.71. The van der Waals surface area contributed by atoms with E-state index in [2.05, 4.69) is 20.9 Å². The number of imidazole rings is 1. The van der Waals surface area contributed by atoms with E-state index in [1.165, 1.54) is 17.4 Å². The average molecular weight is 372 g/mol. The Morgan fingerprint density at radius 1 is 1.40 bits per heavy atom. The van der Waals surface area contributed by atoms with Crippen molar-refractivity contribution in [1.82, 2.24) is 9.38 Å². The Morgan fingerprint density at radius 3 is 2.90 bits per heavy atom. The maximum atomic E-state index is 12.4. The zero-order valence-electron chi connectivity index (χ0n) is 10.2. The van der Waals surface area contributed by atoms with Crippen LogP contribution in [0.15, 0.2) is 45.3 Å². The number of aromatic nitrogens is 2. The van der Waals surface area contributed by atoms with E-state index >= 15 is 0 Å². The van der Waals surface area contributed by atoms with E-state index in [1.807, 2.05) is 16.0 Å². The van der Waals surface area contributed by atoms with Gasteiger partial charge in [0.05, 0.1) is 16.3 Å². The Balaban J connectivity index is 1.97. The highest BCUT2D eigenvalue weighted by molar-refractivity contribution is 9.10. The van der Waals surface area contributed by atoms with E-state index in [1.54, 1.807) is 18.3 Å². The zero-order valence-corrected chi connectivity index (χ0v) is 13.4. The summed E-state index contributed by atoms with van der Waals surface area (Å²) in [6, 6.07) is 4.66. The first-order valence-electron chi connectivity index (χ1n) is 5.64. The molecular formula is C12H10BrN3O2S2. The number of sulfone groups is 1. The number of hydrogen-bond donors (Lipinski definition) is 1. The van der Waals surface area contributed by atoms with Crippen molar-refractivity contribution in [3.05, 3.63) is 46.1 Å². The average Bonchev–Trinajstić information content (AvgIpc) is 2.87. The number of thiazole rings is 1. The maximum absolute atomic E-state index is 12.4. The molecule has 1 aromatic carbocycles. The van der Waals surface area contributed by atoms with E-state index in [-0.39, 0.29) is 10.6 Å². The van der Waals surface area contributed by atoms with Crippen molar-refractivity contribution < 1.29 is 8.42 Å². The Labute approximate surface area is 128 Å². The van der Waals surface area contributed by atoms with E-state index in [0.29, 0.717) is 15.9 Å². The van der Waals surface area contributed by atoms with Gasteiger partial charge in [-0.2, -0.15) is 0 Å². The van der Waals surface area contributed by atoms with Crippen LogP contribution in [0.1, 0.15) is 5.69 Å². The van der Waals surface area contributed by atoms with Crippen LogP contribution >= 0.6 is 27.3 Å². The van der Waals surface area contributed by atoms with Crippen LogP contribution in [0, 0.1) is 0 Å². The molecule has 0 saturated carbocycles. The summed E-state index contributed by atoms with van der Waals surface area (Å²) in [5.41, 5.74) is 6.66. The Bertz CT molecular complexity index is 855. The Kier molecular flexibility index (Phi) is 3.31. The molecule has 2 aromatic heterocycles. The van der Waals surface area contributed by atoms with Crippen LogP contribution in [0.4, 0.5) is 5.69 Å². The van der Waals surface area contributed by atoms with Gasteiger partial charge in [-0.25, -0.2) is 13.4 Å². The summed E-state index contributed by atoms with van der Waals surface area (Å²) < 4.78 is 27.1. The second-order valence-corrected chi connectivity index (χ2v) is 7.96. The highest BCUT2D eigenvalue weighted by Gasteiger charge is 2.20. The van der Waals surface area contributed by atoms with E-state index in [0.717, 1.165) is 4.96 Å². The molecule has 0 aliphatic carbocycles. The number of fused-ring (bicyclic) bond motifs is 1. The van der Waals surface area contributed by atoms with Crippen LogP contribution in [-0.2, 0) is 15.6 Å². The molecule has 3 rings (SSSR count). The minimum absolute atomic E-state index is 0.135. The molecule has 0 spiro atoms. The quantitative estimate of drug-likeness (QED) is 0.718. The number of halogens is 1. The first-order chi connectivity index (χ1) is 9.45. The molecule has 5 nitrogen and oxygen atoms in total. The minimum atomic E-state index is -3.46. The van der Waals surface area contributed by atoms with Gasteiger partial charge in [-0.3, -0.25) is 4.40 Å². The van der Waals surface area contributed by atoms with Gasteiger partial charge in [0.15, 0.2) is 14.8 Å². The van der Waals surface area contributed by atoms with Crippen molar-refractivity contribution in [2.75, 3.05) is 5.73 Å². The van der Waals surface area contributed by atoms with Crippen LogP contribution in [0.2, 0.25) is 0 Å². The zero-order chi connectivity index (χ0) is 14.3. The predicted octanol–water partition coefficient (Wildman–Crippen LogP) is 2.71. The summed E-state index contributed by atoms with van der Waals surface area (Å²) in [6.45, 7) is 0. The lowest BCUT2D eigenvalue weighted by Gasteiger charge is -2.06. The number of hydrogen-bond acceptors (Lipinski definition) is 5. The minimum Gasteiger partial charge on any atom is -0.399 e. The second kappa shape index (κ2) is 4.87. The first-order valence-corrected chi connectivity index (χ1v) is 8.97. The van der Waals surface area contributed by atoms with Gasteiger partial charge in [-0.1, -0.05) is 0 Å². The molecule has 0 aliphatic rings. The van der Waals surface area contributed by atoms with Gasteiger partial charge >= 0.3 is 0 Å². The molecule has 20 heavy (non-hydrogen) atoms. The van der Waals surface area contributed by atoms with E-state index < -0.39 is 9.84 Å². The molecule has 3 aromatic rings.